The van der Waals surface area contributed by atoms with Crippen LogP contribution in [0.4, 0.5) is 0 Å². The first-order chi connectivity index (χ1) is 9.15. The summed E-state index contributed by atoms with van der Waals surface area (Å²) in [6.45, 7) is 1.99. The fraction of sp³-hybridized carbons (Fsp3) is 0.600. The largest absolute Gasteiger partial charge is 0.493 e. The van der Waals surface area contributed by atoms with Crippen molar-refractivity contribution in [2.75, 3.05) is 13.7 Å². The lowest BCUT2D eigenvalue weighted by molar-refractivity contribution is 0.200. The first-order valence-electron chi connectivity index (χ1n) is 6.80. The molecule has 1 aliphatic carbocycles. The van der Waals surface area contributed by atoms with Gasteiger partial charge in [-0.05, 0) is 37.3 Å². The Hall–Kier alpha value is -0.930. The predicted octanol–water partition coefficient (Wildman–Crippen LogP) is 3.77. The maximum atomic E-state index is 9.24. The number of ether oxygens (including phenoxy) is 2. The van der Waals surface area contributed by atoms with Crippen molar-refractivity contribution >= 4 is 11.6 Å². The SMILES string of the molecule is COc1cc(C(C)CO)c(Cl)cc1OC1CCCC1. The van der Waals surface area contributed by atoms with E-state index in [-0.39, 0.29) is 18.6 Å². The van der Waals surface area contributed by atoms with E-state index in [1.807, 2.05) is 13.0 Å². The molecule has 0 spiro atoms. The highest BCUT2D eigenvalue weighted by molar-refractivity contribution is 6.31. The molecule has 1 aliphatic rings. The van der Waals surface area contributed by atoms with Gasteiger partial charge in [0, 0.05) is 23.6 Å². The first kappa shape index (κ1) is 14.5. The van der Waals surface area contributed by atoms with Crippen molar-refractivity contribution in [2.24, 2.45) is 0 Å². The summed E-state index contributed by atoms with van der Waals surface area (Å²) in [5, 5.41) is 9.87. The van der Waals surface area contributed by atoms with Crippen LogP contribution >= 0.6 is 11.6 Å². The predicted molar refractivity (Wildman–Crippen MR) is 76.4 cm³/mol. The van der Waals surface area contributed by atoms with Crippen LogP contribution in [0.1, 0.15) is 44.1 Å². The molecule has 0 amide bonds. The average molecular weight is 285 g/mol. The van der Waals surface area contributed by atoms with E-state index in [4.69, 9.17) is 21.1 Å². The molecule has 0 bridgehead atoms. The molecule has 0 heterocycles. The Morgan fingerprint density at radius 3 is 2.58 bits per heavy atom. The highest BCUT2D eigenvalue weighted by Gasteiger charge is 2.20. The number of hydrogen-bond acceptors (Lipinski definition) is 3. The summed E-state index contributed by atoms with van der Waals surface area (Å²) in [5.41, 5.74) is 0.889. The average Bonchev–Trinajstić information content (AvgIpc) is 2.91. The van der Waals surface area contributed by atoms with Gasteiger partial charge in [0.25, 0.3) is 0 Å². The molecule has 2 rings (SSSR count). The number of aliphatic hydroxyl groups excluding tert-OH is 1. The molecule has 1 N–H and O–H groups in total. The third-order valence-electron chi connectivity index (χ3n) is 3.68. The third kappa shape index (κ3) is 3.34. The topological polar surface area (TPSA) is 38.7 Å². The third-order valence-corrected chi connectivity index (χ3v) is 4.01. The Kier molecular flexibility index (Phi) is 4.94. The van der Waals surface area contributed by atoms with Crippen LogP contribution in [0.15, 0.2) is 12.1 Å². The summed E-state index contributed by atoms with van der Waals surface area (Å²) in [6, 6.07) is 3.67. The quantitative estimate of drug-likeness (QED) is 0.894. The van der Waals surface area contributed by atoms with Gasteiger partial charge in [-0.2, -0.15) is 0 Å². The smallest absolute Gasteiger partial charge is 0.163 e. The van der Waals surface area contributed by atoms with Gasteiger partial charge in [0.05, 0.1) is 13.2 Å². The minimum Gasteiger partial charge on any atom is -0.493 e. The molecule has 0 aliphatic heterocycles. The molecule has 106 valence electrons. The number of rotatable bonds is 5. The van der Waals surface area contributed by atoms with Crippen LogP contribution in [-0.4, -0.2) is 24.9 Å². The van der Waals surface area contributed by atoms with Crippen molar-refractivity contribution in [1.82, 2.24) is 0 Å². The van der Waals surface area contributed by atoms with Gasteiger partial charge in [-0.15, -0.1) is 0 Å². The van der Waals surface area contributed by atoms with Crippen LogP contribution in [0.2, 0.25) is 5.02 Å². The molecule has 3 nitrogen and oxygen atoms in total. The zero-order chi connectivity index (χ0) is 13.8. The molecule has 1 fully saturated rings. The maximum Gasteiger partial charge on any atom is 0.163 e. The monoisotopic (exact) mass is 284 g/mol. The molecule has 1 unspecified atom stereocenters. The number of benzene rings is 1. The van der Waals surface area contributed by atoms with Gasteiger partial charge in [-0.25, -0.2) is 0 Å². The van der Waals surface area contributed by atoms with Crippen molar-refractivity contribution < 1.29 is 14.6 Å². The van der Waals surface area contributed by atoms with Gasteiger partial charge in [0.15, 0.2) is 11.5 Å². The number of hydrogen-bond donors (Lipinski definition) is 1. The number of methoxy groups -OCH3 is 1. The molecule has 0 saturated heterocycles. The number of aliphatic hydroxyl groups is 1. The Labute approximate surface area is 119 Å². The van der Waals surface area contributed by atoms with Gasteiger partial charge in [-0.1, -0.05) is 18.5 Å². The van der Waals surface area contributed by atoms with Gasteiger partial charge in [-0.3, -0.25) is 0 Å². The van der Waals surface area contributed by atoms with Gasteiger partial charge < -0.3 is 14.6 Å². The molecule has 1 atom stereocenters. The summed E-state index contributed by atoms with van der Waals surface area (Å²) in [5.74, 6) is 1.38. The van der Waals surface area contributed by atoms with Crippen LogP contribution in [0.25, 0.3) is 0 Å². The zero-order valence-electron chi connectivity index (χ0n) is 11.5. The van der Waals surface area contributed by atoms with Crippen molar-refractivity contribution in [2.45, 2.75) is 44.6 Å². The lowest BCUT2D eigenvalue weighted by Crippen LogP contribution is -2.12. The Morgan fingerprint density at radius 2 is 2.00 bits per heavy atom. The van der Waals surface area contributed by atoms with Crippen molar-refractivity contribution in [3.8, 4) is 11.5 Å². The minimum atomic E-state index is -0.0121. The lowest BCUT2D eigenvalue weighted by Gasteiger charge is -2.19. The fourth-order valence-electron chi connectivity index (χ4n) is 2.46. The Bertz CT molecular complexity index is 428. The summed E-state index contributed by atoms with van der Waals surface area (Å²) in [4.78, 5) is 0. The standard InChI is InChI=1S/C15H21ClO3/c1-10(9-17)12-7-14(18-2)15(8-13(12)16)19-11-5-3-4-6-11/h7-8,10-11,17H,3-6,9H2,1-2H3. The van der Waals surface area contributed by atoms with Gasteiger partial charge >= 0.3 is 0 Å². The molecule has 19 heavy (non-hydrogen) atoms. The minimum absolute atomic E-state index is 0.0121. The van der Waals surface area contributed by atoms with Gasteiger partial charge in [0.1, 0.15) is 0 Å². The molecular formula is C15H21ClO3. The molecule has 0 aromatic heterocycles. The van der Waals surface area contributed by atoms with Crippen molar-refractivity contribution in [1.29, 1.82) is 0 Å². The van der Waals surface area contributed by atoms with E-state index in [0.29, 0.717) is 16.5 Å². The molecule has 0 radical (unpaired) electrons. The van der Waals surface area contributed by atoms with E-state index >= 15 is 0 Å². The summed E-state index contributed by atoms with van der Waals surface area (Å²) >= 11 is 6.27. The molecule has 4 heteroatoms. The summed E-state index contributed by atoms with van der Waals surface area (Å²) < 4.78 is 11.4. The van der Waals surface area contributed by atoms with Crippen LogP contribution in [0, 0.1) is 0 Å². The van der Waals surface area contributed by atoms with E-state index in [1.165, 1.54) is 12.8 Å². The van der Waals surface area contributed by atoms with Crippen LogP contribution in [0.5, 0.6) is 11.5 Å². The highest BCUT2D eigenvalue weighted by atomic mass is 35.5. The molecule has 1 saturated carbocycles. The van der Waals surface area contributed by atoms with E-state index < -0.39 is 0 Å². The van der Waals surface area contributed by atoms with Crippen molar-refractivity contribution in [3.63, 3.8) is 0 Å². The number of halogens is 1. The van der Waals surface area contributed by atoms with Crippen LogP contribution < -0.4 is 9.47 Å². The second-order valence-corrected chi connectivity index (χ2v) is 5.54. The fourth-order valence-corrected chi connectivity index (χ4v) is 2.80. The van der Waals surface area contributed by atoms with E-state index in [9.17, 15) is 5.11 Å². The van der Waals surface area contributed by atoms with Crippen LogP contribution in [-0.2, 0) is 0 Å². The Morgan fingerprint density at radius 1 is 1.32 bits per heavy atom. The Balaban J connectivity index is 2.25. The molecule has 1 aromatic rings. The van der Waals surface area contributed by atoms with Crippen LogP contribution in [0.3, 0.4) is 0 Å². The zero-order valence-corrected chi connectivity index (χ0v) is 12.2. The van der Waals surface area contributed by atoms with E-state index in [2.05, 4.69) is 0 Å². The second kappa shape index (κ2) is 6.49. The summed E-state index contributed by atoms with van der Waals surface area (Å²) in [7, 11) is 1.62. The second-order valence-electron chi connectivity index (χ2n) is 5.13. The van der Waals surface area contributed by atoms with Gasteiger partial charge in [0.2, 0.25) is 0 Å². The van der Waals surface area contributed by atoms with E-state index in [1.54, 1.807) is 13.2 Å². The molecular weight excluding hydrogens is 264 g/mol. The lowest BCUT2D eigenvalue weighted by atomic mass is 10.0. The first-order valence-corrected chi connectivity index (χ1v) is 7.18. The summed E-state index contributed by atoms with van der Waals surface area (Å²) in [6.07, 6.45) is 4.90. The normalized spacial score (nSPS) is 17.5. The maximum absolute atomic E-state index is 9.24. The van der Waals surface area contributed by atoms with Crippen molar-refractivity contribution in [3.05, 3.63) is 22.7 Å². The highest BCUT2D eigenvalue weighted by Crippen LogP contribution is 2.38. The van der Waals surface area contributed by atoms with E-state index in [0.717, 1.165) is 18.4 Å². The molecule has 1 aromatic carbocycles.